The summed E-state index contributed by atoms with van der Waals surface area (Å²) in [5.74, 6) is -0.494. The van der Waals surface area contributed by atoms with Gasteiger partial charge in [-0.25, -0.2) is 4.39 Å². The summed E-state index contributed by atoms with van der Waals surface area (Å²) in [6.45, 7) is 3.14. The highest BCUT2D eigenvalue weighted by atomic mass is 79.9. The number of carbonyl (C=O) groups excluding carboxylic acids is 1. The molecule has 2 atom stereocenters. The van der Waals surface area contributed by atoms with Crippen LogP contribution in [0.25, 0.3) is 0 Å². The third-order valence-electron chi connectivity index (χ3n) is 3.73. The van der Waals surface area contributed by atoms with Gasteiger partial charge in [0.15, 0.2) is 0 Å². The lowest BCUT2D eigenvalue weighted by Crippen LogP contribution is -2.47. The number of nitrogens with one attached hydrogen (secondary N) is 1. The SMILES string of the molecule is CC1CC(NC(=O)c2ccc(F)c(Br)c2)CCN1C. The molecular formula is C14H18BrFN2O. The van der Waals surface area contributed by atoms with E-state index in [-0.39, 0.29) is 17.8 Å². The summed E-state index contributed by atoms with van der Waals surface area (Å²) in [4.78, 5) is 14.4. The minimum absolute atomic E-state index is 0.137. The van der Waals surface area contributed by atoms with Crippen molar-refractivity contribution < 1.29 is 9.18 Å². The minimum atomic E-state index is -0.357. The molecule has 0 aliphatic carbocycles. The summed E-state index contributed by atoms with van der Waals surface area (Å²) in [5.41, 5.74) is 0.486. The molecule has 0 saturated carbocycles. The lowest BCUT2D eigenvalue weighted by Gasteiger charge is -2.35. The summed E-state index contributed by atoms with van der Waals surface area (Å²) in [7, 11) is 2.10. The summed E-state index contributed by atoms with van der Waals surface area (Å²) in [6.07, 6.45) is 1.90. The maximum Gasteiger partial charge on any atom is 0.251 e. The highest BCUT2D eigenvalue weighted by Gasteiger charge is 2.24. The van der Waals surface area contributed by atoms with Crippen molar-refractivity contribution in [3.05, 3.63) is 34.1 Å². The van der Waals surface area contributed by atoms with Crippen molar-refractivity contribution in [2.24, 2.45) is 0 Å². The molecule has 1 fully saturated rings. The highest BCUT2D eigenvalue weighted by Crippen LogP contribution is 2.18. The van der Waals surface area contributed by atoms with Gasteiger partial charge in [0.05, 0.1) is 4.47 Å². The van der Waals surface area contributed by atoms with E-state index in [9.17, 15) is 9.18 Å². The smallest absolute Gasteiger partial charge is 0.251 e. The van der Waals surface area contributed by atoms with Gasteiger partial charge in [0.1, 0.15) is 5.82 Å². The molecule has 104 valence electrons. The lowest BCUT2D eigenvalue weighted by atomic mass is 9.98. The number of rotatable bonds is 2. The quantitative estimate of drug-likeness (QED) is 0.905. The molecule has 1 heterocycles. The first kappa shape index (κ1) is 14.5. The largest absolute Gasteiger partial charge is 0.349 e. The molecule has 1 N–H and O–H groups in total. The molecule has 2 rings (SSSR count). The molecule has 0 radical (unpaired) electrons. The van der Waals surface area contributed by atoms with Crippen molar-refractivity contribution in [1.82, 2.24) is 10.2 Å². The first-order chi connectivity index (χ1) is 8.97. The van der Waals surface area contributed by atoms with Gasteiger partial charge < -0.3 is 10.2 Å². The molecule has 0 aromatic heterocycles. The Morgan fingerprint density at radius 2 is 2.26 bits per heavy atom. The Morgan fingerprint density at radius 3 is 2.89 bits per heavy atom. The van der Waals surface area contributed by atoms with Gasteiger partial charge in [-0.2, -0.15) is 0 Å². The number of nitrogens with zero attached hydrogens (tertiary/aromatic N) is 1. The van der Waals surface area contributed by atoms with Crippen LogP contribution in [0.4, 0.5) is 4.39 Å². The molecule has 1 aromatic carbocycles. The molecule has 5 heteroatoms. The number of hydrogen-bond acceptors (Lipinski definition) is 2. The molecule has 0 spiro atoms. The number of amides is 1. The molecule has 1 amide bonds. The average Bonchev–Trinajstić information content (AvgIpc) is 2.37. The maximum absolute atomic E-state index is 13.1. The fourth-order valence-electron chi connectivity index (χ4n) is 2.33. The summed E-state index contributed by atoms with van der Waals surface area (Å²) < 4.78 is 13.4. The van der Waals surface area contributed by atoms with E-state index in [0.717, 1.165) is 19.4 Å². The average molecular weight is 329 g/mol. The van der Waals surface area contributed by atoms with Crippen LogP contribution in [0.5, 0.6) is 0 Å². The Kier molecular flexibility index (Phi) is 4.58. The second-order valence-corrected chi connectivity index (χ2v) is 6.01. The molecular weight excluding hydrogens is 311 g/mol. The number of halogens is 2. The number of carbonyl (C=O) groups is 1. The Hall–Kier alpha value is -0.940. The third-order valence-corrected chi connectivity index (χ3v) is 4.33. The number of benzene rings is 1. The number of hydrogen-bond donors (Lipinski definition) is 1. The number of likely N-dealkylation sites (tertiary alicyclic amines) is 1. The van der Waals surface area contributed by atoms with E-state index < -0.39 is 0 Å². The van der Waals surface area contributed by atoms with Gasteiger partial charge in [-0.05, 0) is 60.9 Å². The van der Waals surface area contributed by atoms with Crippen molar-refractivity contribution in [2.45, 2.75) is 31.8 Å². The van der Waals surface area contributed by atoms with Crippen molar-refractivity contribution >= 4 is 21.8 Å². The van der Waals surface area contributed by atoms with Crippen molar-refractivity contribution in [3.63, 3.8) is 0 Å². The zero-order valence-electron chi connectivity index (χ0n) is 11.1. The summed E-state index contributed by atoms with van der Waals surface area (Å²) in [6, 6.07) is 4.99. The Labute approximate surface area is 121 Å². The molecule has 1 aliphatic heterocycles. The van der Waals surface area contributed by atoms with E-state index in [2.05, 4.69) is 40.1 Å². The minimum Gasteiger partial charge on any atom is -0.349 e. The van der Waals surface area contributed by atoms with Crippen LogP contribution in [0.15, 0.2) is 22.7 Å². The van der Waals surface area contributed by atoms with Crippen molar-refractivity contribution in [1.29, 1.82) is 0 Å². The van der Waals surface area contributed by atoms with Crippen LogP contribution in [-0.2, 0) is 0 Å². The van der Waals surface area contributed by atoms with Gasteiger partial charge in [0.25, 0.3) is 5.91 Å². The van der Waals surface area contributed by atoms with E-state index in [1.54, 1.807) is 0 Å². The van der Waals surface area contributed by atoms with Gasteiger partial charge in [0.2, 0.25) is 0 Å². The van der Waals surface area contributed by atoms with E-state index in [0.29, 0.717) is 16.1 Å². The van der Waals surface area contributed by atoms with Crippen LogP contribution in [0, 0.1) is 5.82 Å². The van der Waals surface area contributed by atoms with E-state index >= 15 is 0 Å². The Bertz CT molecular complexity index is 481. The first-order valence-electron chi connectivity index (χ1n) is 6.43. The van der Waals surface area contributed by atoms with Gasteiger partial charge in [-0.1, -0.05) is 0 Å². The van der Waals surface area contributed by atoms with Crippen molar-refractivity contribution in [3.8, 4) is 0 Å². The van der Waals surface area contributed by atoms with Crippen LogP contribution >= 0.6 is 15.9 Å². The van der Waals surface area contributed by atoms with E-state index in [1.165, 1.54) is 18.2 Å². The highest BCUT2D eigenvalue weighted by molar-refractivity contribution is 9.10. The normalized spacial score (nSPS) is 24.2. The topological polar surface area (TPSA) is 32.3 Å². The van der Waals surface area contributed by atoms with E-state index in [4.69, 9.17) is 0 Å². The molecule has 2 unspecified atom stereocenters. The predicted molar refractivity (Wildman–Crippen MR) is 76.7 cm³/mol. The lowest BCUT2D eigenvalue weighted by molar-refractivity contribution is 0.0896. The molecule has 1 aliphatic rings. The van der Waals surface area contributed by atoms with Crippen LogP contribution in [-0.4, -0.2) is 36.5 Å². The summed E-state index contributed by atoms with van der Waals surface area (Å²) in [5, 5.41) is 3.02. The third kappa shape index (κ3) is 3.54. The molecule has 1 aromatic rings. The Balaban J connectivity index is 1.99. The van der Waals surface area contributed by atoms with Gasteiger partial charge in [-0.15, -0.1) is 0 Å². The number of piperidine rings is 1. The molecule has 0 bridgehead atoms. The van der Waals surface area contributed by atoms with Crippen LogP contribution in [0.3, 0.4) is 0 Å². The zero-order chi connectivity index (χ0) is 14.0. The van der Waals surface area contributed by atoms with Gasteiger partial charge in [0, 0.05) is 24.2 Å². The standard InChI is InChI=1S/C14H18BrFN2O/c1-9-7-11(5-6-18(9)2)17-14(19)10-3-4-13(16)12(15)8-10/h3-4,8-9,11H,5-7H2,1-2H3,(H,17,19). The second-order valence-electron chi connectivity index (χ2n) is 5.15. The zero-order valence-corrected chi connectivity index (χ0v) is 12.7. The predicted octanol–water partition coefficient (Wildman–Crippen LogP) is 2.80. The second kappa shape index (κ2) is 6.01. The molecule has 19 heavy (non-hydrogen) atoms. The molecule has 1 saturated heterocycles. The fourth-order valence-corrected chi connectivity index (χ4v) is 2.71. The van der Waals surface area contributed by atoms with Crippen molar-refractivity contribution in [2.75, 3.05) is 13.6 Å². The summed E-state index contributed by atoms with van der Waals surface area (Å²) >= 11 is 3.10. The van der Waals surface area contributed by atoms with Crippen LogP contribution in [0.1, 0.15) is 30.1 Å². The molecule has 3 nitrogen and oxygen atoms in total. The van der Waals surface area contributed by atoms with E-state index in [1.807, 2.05) is 0 Å². The van der Waals surface area contributed by atoms with Gasteiger partial charge >= 0.3 is 0 Å². The first-order valence-corrected chi connectivity index (χ1v) is 7.23. The maximum atomic E-state index is 13.1. The van der Waals surface area contributed by atoms with Gasteiger partial charge in [-0.3, -0.25) is 4.79 Å². The Morgan fingerprint density at radius 1 is 1.53 bits per heavy atom. The fraction of sp³-hybridized carbons (Fsp3) is 0.500. The van der Waals surface area contributed by atoms with Crippen LogP contribution < -0.4 is 5.32 Å². The van der Waals surface area contributed by atoms with Crippen LogP contribution in [0.2, 0.25) is 0 Å². The monoisotopic (exact) mass is 328 g/mol.